The predicted molar refractivity (Wildman–Crippen MR) is 61.5 cm³/mol. The number of hydrogen-bond acceptors (Lipinski definition) is 2. The van der Waals surface area contributed by atoms with Crippen molar-refractivity contribution in [2.45, 2.75) is 6.42 Å². The van der Waals surface area contributed by atoms with Crippen LogP contribution in [0.4, 0.5) is 5.69 Å². The molecule has 1 aliphatic heterocycles. The summed E-state index contributed by atoms with van der Waals surface area (Å²) in [6, 6.07) is 8.57. The zero-order valence-corrected chi connectivity index (χ0v) is 8.51. The second-order valence-electron chi connectivity index (χ2n) is 3.51. The molecule has 0 saturated carbocycles. The van der Waals surface area contributed by atoms with Crippen molar-refractivity contribution in [3.8, 4) is 0 Å². The van der Waals surface area contributed by atoms with Crippen LogP contribution in [0, 0.1) is 0 Å². The molecular formula is C12H16N2. The molecule has 1 aromatic carbocycles. The Labute approximate surface area is 85.0 Å². The Morgan fingerprint density at radius 2 is 2.29 bits per heavy atom. The largest absolute Gasteiger partial charge is 0.388 e. The standard InChI is InChI=1S/C12H16N2/c1-13-12-4-2-3-11(9-12)10-5-7-14-8-6-10/h2-5,9,13-14H,6-8H2,1H3. The van der Waals surface area contributed by atoms with Gasteiger partial charge in [0.25, 0.3) is 0 Å². The summed E-state index contributed by atoms with van der Waals surface area (Å²) in [7, 11) is 1.95. The van der Waals surface area contributed by atoms with Crippen molar-refractivity contribution in [2.75, 3.05) is 25.5 Å². The van der Waals surface area contributed by atoms with Gasteiger partial charge < -0.3 is 10.6 Å². The fraction of sp³-hybridized carbons (Fsp3) is 0.333. The lowest BCUT2D eigenvalue weighted by Crippen LogP contribution is -2.20. The minimum atomic E-state index is 0.999. The van der Waals surface area contributed by atoms with Crippen LogP contribution in [0.3, 0.4) is 0 Å². The minimum absolute atomic E-state index is 0.999. The molecule has 1 aliphatic rings. The quantitative estimate of drug-likeness (QED) is 0.742. The lowest BCUT2D eigenvalue weighted by molar-refractivity contribution is 0.738. The van der Waals surface area contributed by atoms with Crippen LogP contribution in [0.2, 0.25) is 0 Å². The smallest absolute Gasteiger partial charge is 0.0343 e. The van der Waals surface area contributed by atoms with Crippen molar-refractivity contribution >= 4 is 11.3 Å². The molecule has 0 unspecified atom stereocenters. The van der Waals surface area contributed by atoms with Gasteiger partial charge in [0.05, 0.1) is 0 Å². The van der Waals surface area contributed by atoms with E-state index in [2.05, 4.69) is 41.0 Å². The number of hydrogen-bond donors (Lipinski definition) is 2. The second-order valence-corrected chi connectivity index (χ2v) is 3.51. The third kappa shape index (κ3) is 1.96. The zero-order chi connectivity index (χ0) is 9.80. The summed E-state index contributed by atoms with van der Waals surface area (Å²) in [4.78, 5) is 0. The zero-order valence-electron chi connectivity index (χ0n) is 8.51. The summed E-state index contributed by atoms with van der Waals surface area (Å²) in [6.07, 6.45) is 3.41. The Morgan fingerprint density at radius 1 is 1.36 bits per heavy atom. The van der Waals surface area contributed by atoms with Crippen LogP contribution in [0.25, 0.3) is 5.57 Å². The Balaban J connectivity index is 2.26. The van der Waals surface area contributed by atoms with Crippen LogP contribution in [0.1, 0.15) is 12.0 Å². The van der Waals surface area contributed by atoms with E-state index in [1.807, 2.05) is 7.05 Å². The third-order valence-electron chi connectivity index (χ3n) is 2.59. The third-order valence-corrected chi connectivity index (χ3v) is 2.59. The van der Waals surface area contributed by atoms with E-state index in [9.17, 15) is 0 Å². The van der Waals surface area contributed by atoms with E-state index in [0.29, 0.717) is 0 Å². The molecule has 0 aromatic heterocycles. The highest BCUT2D eigenvalue weighted by Crippen LogP contribution is 2.22. The summed E-state index contributed by atoms with van der Waals surface area (Å²) >= 11 is 0. The van der Waals surface area contributed by atoms with Crippen molar-refractivity contribution in [1.82, 2.24) is 5.32 Å². The highest BCUT2D eigenvalue weighted by Gasteiger charge is 2.05. The normalized spacial score (nSPS) is 16.2. The fourth-order valence-electron chi connectivity index (χ4n) is 1.76. The highest BCUT2D eigenvalue weighted by molar-refractivity contribution is 5.69. The molecule has 0 saturated heterocycles. The van der Waals surface area contributed by atoms with Crippen LogP contribution in [0.5, 0.6) is 0 Å². The average Bonchev–Trinajstić information content (AvgIpc) is 2.30. The van der Waals surface area contributed by atoms with Gasteiger partial charge in [0.1, 0.15) is 0 Å². The lowest BCUT2D eigenvalue weighted by Gasteiger charge is -2.14. The summed E-state index contributed by atoms with van der Waals surface area (Å²) in [6.45, 7) is 2.09. The van der Waals surface area contributed by atoms with Gasteiger partial charge in [-0.1, -0.05) is 18.2 Å². The number of benzene rings is 1. The molecule has 0 bridgehead atoms. The molecule has 0 spiro atoms. The topological polar surface area (TPSA) is 24.1 Å². The summed E-state index contributed by atoms with van der Waals surface area (Å²) in [5.41, 5.74) is 3.99. The minimum Gasteiger partial charge on any atom is -0.388 e. The Morgan fingerprint density at radius 3 is 3.00 bits per heavy atom. The van der Waals surface area contributed by atoms with Crippen molar-refractivity contribution in [3.63, 3.8) is 0 Å². The van der Waals surface area contributed by atoms with Crippen LogP contribution in [-0.2, 0) is 0 Å². The fourth-order valence-corrected chi connectivity index (χ4v) is 1.76. The van der Waals surface area contributed by atoms with Gasteiger partial charge in [0.2, 0.25) is 0 Å². The van der Waals surface area contributed by atoms with Gasteiger partial charge in [-0.05, 0) is 36.2 Å². The van der Waals surface area contributed by atoms with Gasteiger partial charge in [-0.15, -0.1) is 0 Å². The maximum atomic E-state index is 3.32. The van der Waals surface area contributed by atoms with E-state index in [1.165, 1.54) is 16.8 Å². The highest BCUT2D eigenvalue weighted by atomic mass is 14.8. The molecule has 0 aliphatic carbocycles. The molecule has 2 nitrogen and oxygen atoms in total. The van der Waals surface area contributed by atoms with E-state index >= 15 is 0 Å². The van der Waals surface area contributed by atoms with Crippen LogP contribution < -0.4 is 10.6 Å². The van der Waals surface area contributed by atoms with Gasteiger partial charge in [0, 0.05) is 19.3 Å². The molecule has 0 radical (unpaired) electrons. The maximum absolute atomic E-state index is 3.32. The maximum Gasteiger partial charge on any atom is 0.0343 e. The number of anilines is 1. The molecule has 1 heterocycles. The first-order valence-corrected chi connectivity index (χ1v) is 5.08. The first-order chi connectivity index (χ1) is 6.90. The monoisotopic (exact) mass is 188 g/mol. The first kappa shape index (κ1) is 9.28. The molecular weight excluding hydrogens is 172 g/mol. The van der Waals surface area contributed by atoms with Crippen LogP contribution in [-0.4, -0.2) is 20.1 Å². The van der Waals surface area contributed by atoms with E-state index in [0.717, 1.165) is 19.5 Å². The van der Waals surface area contributed by atoms with Crippen LogP contribution in [0.15, 0.2) is 30.3 Å². The molecule has 2 rings (SSSR count). The summed E-state index contributed by atoms with van der Waals surface area (Å²) in [5.74, 6) is 0. The second kappa shape index (κ2) is 4.29. The van der Waals surface area contributed by atoms with E-state index in [-0.39, 0.29) is 0 Å². The Hall–Kier alpha value is -1.28. The van der Waals surface area contributed by atoms with Crippen molar-refractivity contribution in [2.24, 2.45) is 0 Å². The van der Waals surface area contributed by atoms with Gasteiger partial charge in [0.15, 0.2) is 0 Å². The van der Waals surface area contributed by atoms with Crippen molar-refractivity contribution < 1.29 is 0 Å². The van der Waals surface area contributed by atoms with Gasteiger partial charge in [-0.3, -0.25) is 0 Å². The van der Waals surface area contributed by atoms with Crippen molar-refractivity contribution in [1.29, 1.82) is 0 Å². The number of rotatable bonds is 2. The predicted octanol–water partition coefficient (Wildman–Crippen LogP) is 2.10. The summed E-state index contributed by atoms with van der Waals surface area (Å²) in [5, 5.41) is 6.48. The molecule has 14 heavy (non-hydrogen) atoms. The molecule has 74 valence electrons. The molecule has 0 amide bonds. The number of nitrogens with one attached hydrogen (secondary N) is 2. The summed E-state index contributed by atoms with van der Waals surface area (Å²) < 4.78 is 0. The van der Waals surface area contributed by atoms with E-state index < -0.39 is 0 Å². The first-order valence-electron chi connectivity index (χ1n) is 5.08. The van der Waals surface area contributed by atoms with E-state index in [1.54, 1.807) is 0 Å². The average molecular weight is 188 g/mol. The van der Waals surface area contributed by atoms with Crippen molar-refractivity contribution in [3.05, 3.63) is 35.9 Å². The Bertz CT molecular complexity index is 342. The molecule has 0 fully saturated rings. The molecule has 2 heteroatoms. The van der Waals surface area contributed by atoms with Gasteiger partial charge in [-0.25, -0.2) is 0 Å². The SMILES string of the molecule is CNc1cccc(C2=CCNCC2)c1. The molecule has 0 atom stereocenters. The lowest BCUT2D eigenvalue weighted by atomic mass is 10.00. The molecule has 1 aromatic rings. The van der Waals surface area contributed by atoms with E-state index in [4.69, 9.17) is 0 Å². The Kier molecular flexibility index (Phi) is 2.84. The molecule has 2 N–H and O–H groups in total. The van der Waals surface area contributed by atoms with Gasteiger partial charge in [-0.2, -0.15) is 0 Å². The van der Waals surface area contributed by atoms with Gasteiger partial charge >= 0.3 is 0 Å². The van der Waals surface area contributed by atoms with Crippen LogP contribution >= 0.6 is 0 Å².